The largest absolute Gasteiger partial charge is 0.369 e. The molecule has 30 heavy (non-hydrogen) atoms. The molecule has 5 rings (SSSR count). The highest BCUT2D eigenvalue weighted by molar-refractivity contribution is 6.01. The van der Waals surface area contributed by atoms with E-state index in [1.165, 1.54) is 0 Å². The third-order valence-electron chi connectivity index (χ3n) is 7.17. The molecule has 3 heterocycles. The van der Waals surface area contributed by atoms with Crippen LogP contribution in [0.1, 0.15) is 36.5 Å². The molecule has 2 bridgehead atoms. The maximum absolute atomic E-state index is 13.6. The number of amides is 2. The van der Waals surface area contributed by atoms with Crippen molar-refractivity contribution in [2.45, 2.75) is 37.9 Å². The van der Waals surface area contributed by atoms with Gasteiger partial charge in [0.2, 0.25) is 5.91 Å². The van der Waals surface area contributed by atoms with E-state index in [1.54, 1.807) is 0 Å². The lowest BCUT2D eigenvalue weighted by Crippen LogP contribution is -2.41. The summed E-state index contributed by atoms with van der Waals surface area (Å²) in [5.41, 5.74) is 2.53. The Morgan fingerprint density at radius 2 is 1.90 bits per heavy atom. The summed E-state index contributed by atoms with van der Waals surface area (Å²) in [7, 11) is 0. The number of hydrogen-bond acceptors (Lipinski definition) is 3. The molecular formula is C25H28N2O3. The quantitative estimate of drug-likeness (QED) is 0.830. The minimum atomic E-state index is -0.233. The molecule has 1 spiro atoms. The highest BCUT2D eigenvalue weighted by atomic mass is 16.5. The van der Waals surface area contributed by atoms with Gasteiger partial charge in [0.25, 0.3) is 5.91 Å². The van der Waals surface area contributed by atoms with Crippen LogP contribution in [-0.4, -0.2) is 48.1 Å². The van der Waals surface area contributed by atoms with Crippen molar-refractivity contribution in [1.82, 2.24) is 10.2 Å². The predicted molar refractivity (Wildman–Crippen MR) is 115 cm³/mol. The lowest BCUT2D eigenvalue weighted by Gasteiger charge is -2.29. The first kappa shape index (κ1) is 19.3. The van der Waals surface area contributed by atoms with Gasteiger partial charge >= 0.3 is 0 Å². The van der Waals surface area contributed by atoms with Crippen molar-refractivity contribution < 1.29 is 14.3 Å². The van der Waals surface area contributed by atoms with E-state index in [1.807, 2.05) is 66.4 Å². The summed E-state index contributed by atoms with van der Waals surface area (Å²) in [6, 6.07) is 17.9. The summed E-state index contributed by atoms with van der Waals surface area (Å²) >= 11 is 0. The molecule has 156 valence electrons. The standard InChI is InChI=1S/C25H28N2O3/c1-2-23(28)26-14-20-21-15-27(16-25(21)13-12-22(20)30-25)24(29)19-11-7-6-10-18(19)17-8-4-3-5-9-17/h3-11,20-22H,2,12-16H2,1H3,(H,26,28)/t20-,21+,22+,25+/m0/s1. The van der Waals surface area contributed by atoms with Gasteiger partial charge in [-0.15, -0.1) is 0 Å². The highest BCUT2D eigenvalue weighted by Gasteiger charge is 2.63. The van der Waals surface area contributed by atoms with Crippen molar-refractivity contribution in [1.29, 1.82) is 0 Å². The Bertz CT molecular complexity index is 960. The van der Waals surface area contributed by atoms with Crippen molar-refractivity contribution in [3.8, 4) is 11.1 Å². The molecule has 0 aromatic heterocycles. The first-order valence-corrected chi connectivity index (χ1v) is 11.0. The van der Waals surface area contributed by atoms with Gasteiger partial charge in [0.15, 0.2) is 0 Å². The number of rotatable bonds is 5. The van der Waals surface area contributed by atoms with Crippen LogP contribution in [0.15, 0.2) is 54.6 Å². The molecule has 0 unspecified atom stereocenters. The summed E-state index contributed by atoms with van der Waals surface area (Å²) in [6.45, 7) is 3.86. The molecule has 0 aliphatic carbocycles. The fourth-order valence-corrected chi connectivity index (χ4v) is 5.68. The number of carbonyl (C=O) groups excluding carboxylic acids is 2. The minimum absolute atomic E-state index is 0.0709. The molecule has 1 N–H and O–H groups in total. The van der Waals surface area contributed by atoms with Gasteiger partial charge in [0.05, 0.1) is 18.2 Å². The summed E-state index contributed by atoms with van der Waals surface area (Å²) in [4.78, 5) is 27.3. The van der Waals surface area contributed by atoms with Gasteiger partial charge in [-0.2, -0.15) is 0 Å². The summed E-state index contributed by atoms with van der Waals surface area (Å²) < 4.78 is 6.45. The number of ether oxygens (including phenoxy) is 1. The molecule has 0 radical (unpaired) electrons. The number of fused-ring (bicyclic) bond motifs is 1. The summed E-state index contributed by atoms with van der Waals surface area (Å²) in [5.74, 6) is 0.730. The molecule has 2 aromatic rings. The smallest absolute Gasteiger partial charge is 0.254 e. The third kappa shape index (κ3) is 3.12. The molecule has 5 heteroatoms. The molecule has 3 aliphatic heterocycles. The van der Waals surface area contributed by atoms with Gasteiger partial charge in [0.1, 0.15) is 0 Å². The van der Waals surface area contributed by atoms with Crippen LogP contribution in [0.4, 0.5) is 0 Å². The van der Waals surface area contributed by atoms with Crippen molar-refractivity contribution in [2.75, 3.05) is 19.6 Å². The van der Waals surface area contributed by atoms with E-state index in [2.05, 4.69) is 5.32 Å². The van der Waals surface area contributed by atoms with Crippen LogP contribution in [0.2, 0.25) is 0 Å². The number of nitrogens with zero attached hydrogens (tertiary/aromatic N) is 1. The number of nitrogens with one attached hydrogen (secondary N) is 1. The van der Waals surface area contributed by atoms with E-state index in [9.17, 15) is 9.59 Å². The Morgan fingerprint density at radius 1 is 1.13 bits per heavy atom. The van der Waals surface area contributed by atoms with Crippen LogP contribution in [0.5, 0.6) is 0 Å². The van der Waals surface area contributed by atoms with Crippen LogP contribution in [0.3, 0.4) is 0 Å². The van der Waals surface area contributed by atoms with E-state index in [-0.39, 0.29) is 29.4 Å². The molecule has 0 saturated carbocycles. The monoisotopic (exact) mass is 404 g/mol. The maximum Gasteiger partial charge on any atom is 0.254 e. The van der Waals surface area contributed by atoms with E-state index < -0.39 is 0 Å². The number of carbonyl (C=O) groups is 2. The van der Waals surface area contributed by atoms with Crippen molar-refractivity contribution in [2.24, 2.45) is 11.8 Å². The topological polar surface area (TPSA) is 58.6 Å². The second kappa shape index (κ2) is 7.55. The first-order chi connectivity index (χ1) is 14.6. The van der Waals surface area contributed by atoms with Gasteiger partial charge in [0, 0.05) is 36.9 Å². The maximum atomic E-state index is 13.6. The van der Waals surface area contributed by atoms with Gasteiger partial charge in [-0.05, 0) is 30.0 Å². The van der Waals surface area contributed by atoms with Crippen LogP contribution in [0, 0.1) is 11.8 Å². The average Bonchev–Trinajstić information content (AvgIpc) is 3.46. The Balaban J connectivity index is 1.38. The number of benzene rings is 2. The zero-order valence-corrected chi connectivity index (χ0v) is 17.3. The minimum Gasteiger partial charge on any atom is -0.369 e. The lowest BCUT2D eigenvalue weighted by molar-refractivity contribution is -0.121. The second-order valence-corrected chi connectivity index (χ2v) is 8.79. The summed E-state index contributed by atoms with van der Waals surface area (Å²) in [5, 5.41) is 3.05. The Labute approximate surface area is 177 Å². The molecule has 3 aliphatic rings. The van der Waals surface area contributed by atoms with Gasteiger partial charge in [-0.25, -0.2) is 0 Å². The zero-order chi connectivity index (χ0) is 20.7. The average molecular weight is 405 g/mol. The zero-order valence-electron chi connectivity index (χ0n) is 17.3. The first-order valence-electron chi connectivity index (χ1n) is 11.0. The molecule has 3 saturated heterocycles. The fourth-order valence-electron chi connectivity index (χ4n) is 5.68. The summed E-state index contributed by atoms with van der Waals surface area (Å²) in [6.07, 6.45) is 2.73. The second-order valence-electron chi connectivity index (χ2n) is 8.79. The lowest BCUT2D eigenvalue weighted by atomic mass is 9.73. The van der Waals surface area contributed by atoms with E-state index in [0.717, 1.165) is 29.5 Å². The third-order valence-corrected chi connectivity index (χ3v) is 7.17. The van der Waals surface area contributed by atoms with Gasteiger partial charge < -0.3 is 15.0 Å². The molecule has 4 atom stereocenters. The van der Waals surface area contributed by atoms with Crippen LogP contribution >= 0.6 is 0 Å². The molecule has 5 nitrogen and oxygen atoms in total. The normalized spacial score (nSPS) is 29.1. The van der Waals surface area contributed by atoms with Gasteiger partial charge in [-0.1, -0.05) is 55.5 Å². The predicted octanol–water partition coefficient (Wildman–Crippen LogP) is 3.50. The van der Waals surface area contributed by atoms with Crippen molar-refractivity contribution >= 4 is 11.8 Å². The Morgan fingerprint density at radius 3 is 2.70 bits per heavy atom. The van der Waals surface area contributed by atoms with Crippen molar-refractivity contribution in [3.63, 3.8) is 0 Å². The molecule has 3 fully saturated rings. The van der Waals surface area contributed by atoms with Gasteiger partial charge in [-0.3, -0.25) is 9.59 Å². The molecular weight excluding hydrogens is 376 g/mol. The van der Waals surface area contributed by atoms with E-state index in [4.69, 9.17) is 4.74 Å². The molecule has 2 amide bonds. The van der Waals surface area contributed by atoms with Crippen LogP contribution in [0.25, 0.3) is 11.1 Å². The van der Waals surface area contributed by atoms with Crippen molar-refractivity contribution in [3.05, 3.63) is 60.2 Å². The highest BCUT2D eigenvalue weighted by Crippen LogP contribution is 2.54. The van der Waals surface area contributed by atoms with E-state index in [0.29, 0.717) is 32.0 Å². The fraction of sp³-hybridized carbons (Fsp3) is 0.440. The van der Waals surface area contributed by atoms with Crippen LogP contribution in [-0.2, 0) is 9.53 Å². The SMILES string of the molecule is CCC(=O)NC[C@H]1[C@H]2CN(C(=O)c3ccccc3-c3ccccc3)C[C@]23CC[C@H]1O3. The van der Waals surface area contributed by atoms with E-state index >= 15 is 0 Å². The Hall–Kier alpha value is -2.66. The Kier molecular flexibility index (Phi) is 4.86. The number of likely N-dealkylation sites (tertiary alicyclic amines) is 1. The molecule has 2 aromatic carbocycles. The number of hydrogen-bond donors (Lipinski definition) is 1. The van der Waals surface area contributed by atoms with Crippen LogP contribution < -0.4 is 5.32 Å².